The summed E-state index contributed by atoms with van der Waals surface area (Å²) in [5.74, 6) is 0.954. The number of hydrogen-bond acceptors (Lipinski definition) is 5. The van der Waals surface area contributed by atoms with Crippen molar-refractivity contribution in [1.82, 2.24) is 19.9 Å². The van der Waals surface area contributed by atoms with Crippen LogP contribution in [-0.4, -0.2) is 19.9 Å². The highest BCUT2D eigenvalue weighted by Gasteiger charge is 2.10. The third-order valence-corrected chi connectivity index (χ3v) is 3.76. The fraction of sp³-hybridized carbons (Fsp3) is 0.111. The van der Waals surface area contributed by atoms with E-state index in [2.05, 4.69) is 15.2 Å². The van der Waals surface area contributed by atoms with Crippen LogP contribution in [0.5, 0.6) is 0 Å². The zero-order valence-electron chi connectivity index (χ0n) is 12.8. The first-order valence-corrected chi connectivity index (χ1v) is 7.60. The van der Waals surface area contributed by atoms with Crippen LogP contribution in [0.3, 0.4) is 0 Å². The van der Waals surface area contributed by atoms with E-state index in [-0.39, 0.29) is 12.1 Å². The lowest BCUT2D eigenvalue weighted by atomic mass is 10.1. The first-order valence-electron chi connectivity index (χ1n) is 7.60. The maximum atomic E-state index is 12.4. The molecule has 6 nitrogen and oxygen atoms in total. The monoisotopic (exact) mass is 318 g/mol. The summed E-state index contributed by atoms with van der Waals surface area (Å²) in [6, 6.07) is 17.3. The number of fused-ring (bicyclic) bond motifs is 1. The molecule has 0 N–H and O–H groups in total. The molecule has 24 heavy (non-hydrogen) atoms. The topological polar surface area (TPSA) is 73.8 Å². The van der Waals surface area contributed by atoms with E-state index in [1.54, 1.807) is 12.3 Å². The molecular weight excluding hydrogens is 304 g/mol. The molecule has 0 saturated carbocycles. The molecule has 2 aromatic heterocycles. The SMILES string of the molecule is O=c1c2ccccc2cnn1Cc1nc(Cc2ccccc2)no1. The van der Waals surface area contributed by atoms with Crippen molar-refractivity contribution in [2.24, 2.45) is 0 Å². The van der Waals surface area contributed by atoms with Crippen LogP contribution in [0.1, 0.15) is 17.3 Å². The summed E-state index contributed by atoms with van der Waals surface area (Å²) >= 11 is 0. The van der Waals surface area contributed by atoms with Crippen molar-refractivity contribution in [3.8, 4) is 0 Å². The molecule has 0 radical (unpaired) electrons. The van der Waals surface area contributed by atoms with Gasteiger partial charge in [0.25, 0.3) is 5.56 Å². The minimum absolute atomic E-state index is 0.158. The van der Waals surface area contributed by atoms with E-state index < -0.39 is 0 Å². The van der Waals surface area contributed by atoms with Gasteiger partial charge in [-0.15, -0.1) is 0 Å². The molecule has 2 heterocycles. The van der Waals surface area contributed by atoms with Crippen molar-refractivity contribution in [3.63, 3.8) is 0 Å². The highest BCUT2D eigenvalue weighted by atomic mass is 16.5. The van der Waals surface area contributed by atoms with Crippen LogP contribution in [0.15, 0.2) is 70.1 Å². The lowest BCUT2D eigenvalue weighted by Crippen LogP contribution is -2.23. The van der Waals surface area contributed by atoms with Gasteiger partial charge < -0.3 is 4.52 Å². The molecule has 118 valence electrons. The molecule has 0 aliphatic heterocycles. The Morgan fingerprint density at radius 2 is 1.79 bits per heavy atom. The Kier molecular flexibility index (Phi) is 3.63. The van der Waals surface area contributed by atoms with Crippen molar-refractivity contribution in [2.45, 2.75) is 13.0 Å². The van der Waals surface area contributed by atoms with Gasteiger partial charge >= 0.3 is 0 Å². The summed E-state index contributed by atoms with van der Waals surface area (Å²) in [5, 5.41) is 9.58. The molecule has 0 saturated heterocycles. The molecule has 0 atom stereocenters. The normalized spacial score (nSPS) is 11.0. The fourth-order valence-electron chi connectivity index (χ4n) is 2.57. The predicted octanol–water partition coefficient (Wildman–Crippen LogP) is 2.42. The van der Waals surface area contributed by atoms with Gasteiger partial charge in [0, 0.05) is 11.8 Å². The summed E-state index contributed by atoms with van der Waals surface area (Å²) in [5.41, 5.74) is 0.932. The minimum Gasteiger partial charge on any atom is -0.337 e. The maximum absolute atomic E-state index is 12.4. The first-order chi connectivity index (χ1) is 11.8. The van der Waals surface area contributed by atoms with E-state index in [9.17, 15) is 4.79 Å². The average molecular weight is 318 g/mol. The van der Waals surface area contributed by atoms with Crippen LogP contribution in [-0.2, 0) is 13.0 Å². The van der Waals surface area contributed by atoms with Crippen molar-refractivity contribution in [2.75, 3.05) is 0 Å². The molecule has 6 heteroatoms. The predicted molar refractivity (Wildman–Crippen MR) is 88.7 cm³/mol. The van der Waals surface area contributed by atoms with Crippen LogP contribution in [0.25, 0.3) is 10.8 Å². The van der Waals surface area contributed by atoms with E-state index in [0.29, 0.717) is 23.5 Å². The van der Waals surface area contributed by atoms with Crippen LogP contribution in [0.2, 0.25) is 0 Å². The molecule has 0 fully saturated rings. The Labute approximate surface area is 137 Å². The van der Waals surface area contributed by atoms with E-state index in [0.717, 1.165) is 10.9 Å². The first kappa shape index (κ1) is 14.3. The van der Waals surface area contributed by atoms with Crippen molar-refractivity contribution in [3.05, 3.63) is 88.4 Å². The third kappa shape index (κ3) is 2.81. The molecule has 0 bridgehead atoms. The van der Waals surface area contributed by atoms with Gasteiger partial charge in [0.2, 0.25) is 5.89 Å². The third-order valence-electron chi connectivity index (χ3n) is 3.76. The zero-order chi connectivity index (χ0) is 16.4. The highest BCUT2D eigenvalue weighted by Crippen LogP contribution is 2.09. The molecule has 2 aromatic carbocycles. The molecule has 0 spiro atoms. The second-order valence-electron chi connectivity index (χ2n) is 5.46. The largest absolute Gasteiger partial charge is 0.337 e. The average Bonchev–Trinajstić information content (AvgIpc) is 3.05. The summed E-state index contributed by atoms with van der Waals surface area (Å²) in [6.07, 6.45) is 2.25. The molecule has 0 aliphatic rings. The molecule has 4 aromatic rings. The standard InChI is InChI=1S/C18H14N4O2/c23-18-15-9-5-4-8-14(15)11-19-22(18)12-17-20-16(21-24-17)10-13-6-2-1-3-7-13/h1-9,11H,10,12H2. The number of nitrogens with zero attached hydrogens (tertiary/aromatic N) is 4. The van der Waals surface area contributed by atoms with Gasteiger partial charge in [-0.1, -0.05) is 53.7 Å². The van der Waals surface area contributed by atoms with Gasteiger partial charge in [-0.2, -0.15) is 10.1 Å². The lowest BCUT2D eigenvalue weighted by molar-refractivity contribution is 0.359. The van der Waals surface area contributed by atoms with Gasteiger partial charge in [-0.05, 0) is 11.6 Å². The van der Waals surface area contributed by atoms with E-state index in [1.165, 1.54) is 4.68 Å². The number of benzene rings is 2. The van der Waals surface area contributed by atoms with Crippen molar-refractivity contribution < 1.29 is 4.52 Å². The Balaban J connectivity index is 1.58. The summed E-state index contributed by atoms with van der Waals surface area (Å²) in [7, 11) is 0. The lowest BCUT2D eigenvalue weighted by Gasteiger charge is -2.02. The van der Waals surface area contributed by atoms with Crippen LogP contribution in [0.4, 0.5) is 0 Å². The zero-order valence-corrected chi connectivity index (χ0v) is 12.8. The number of rotatable bonds is 4. The smallest absolute Gasteiger partial charge is 0.275 e. The number of aromatic nitrogens is 4. The van der Waals surface area contributed by atoms with E-state index >= 15 is 0 Å². The maximum Gasteiger partial charge on any atom is 0.275 e. The Morgan fingerprint density at radius 3 is 2.67 bits per heavy atom. The molecule has 0 aliphatic carbocycles. The van der Waals surface area contributed by atoms with Crippen LogP contribution < -0.4 is 5.56 Å². The van der Waals surface area contributed by atoms with Crippen molar-refractivity contribution in [1.29, 1.82) is 0 Å². The summed E-state index contributed by atoms with van der Waals surface area (Å²) < 4.78 is 6.58. The molecular formula is C18H14N4O2. The van der Waals surface area contributed by atoms with Crippen LogP contribution >= 0.6 is 0 Å². The molecule has 0 unspecified atom stereocenters. The van der Waals surface area contributed by atoms with Crippen molar-refractivity contribution >= 4 is 10.8 Å². The second-order valence-corrected chi connectivity index (χ2v) is 5.46. The summed E-state index contributed by atoms with van der Waals surface area (Å²) in [6.45, 7) is 0.158. The van der Waals surface area contributed by atoms with Crippen LogP contribution in [0, 0.1) is 0 Å². The summed E-state index contributed by atoms with van der Waals surface area (Å²) in [4.78, 5) is 16.8. The van der Waals surface area contributed by atoms with Gasteiger partial charge in [0.05, 0.1) is 11.6 Å². The Bertz CT molecular complexity index is 1040. The number of hydrogen-bond donors (Lipinski definition) is 0. The van der Waals surface area contributed by atoms with E-state index in [4.69, 9.17) is 4.52 Å². The highest BCUT2D eigenvalue weighted by molar-refractivity contribution is 5.80. The van der Waals surface area contributed by atoms with Gasteiger partial charge in [-0.3, -0.25) is 4.79 Å². The van der Waals surface area contributed by atoms with Gasteiger partial charge in [-0.25, -0.2) is 4.68 Å². The molecule has 0 amide bonds. The Hall–Kier alpha value is -3.28. The second kappa shape index (κ2) is 6.08. The minimum atomic E-state index is -0.170. The van der Waals surface area contributed by atoms with E-state index in [1.807, 2.05) is 48.5 Å². The Morgan fingerprint density at radius 1 is 1.00 bits per heavy atom. The quantitative estimate of drug-likeness (QED) is 0.578. The van der Waals surface area contributed by atoms with Gasteiger partial charge in [0.1, 0.15) is 6.54 Å². The fourth-order valence-corrected chi connectivity index (χ4v) is 2.57. The van der Waals surface area contributed by atoms with Gasteiger partial charge in [0.15, 0.2) is 5.82 Å². The molecule has 4 rings (SSSR count).